The Balaban J connectivity index is 1.41. The van der Waals surface area contributed by atoms with Gasteiger partial charge in [-0.15, -0.1) is 0 Å². The molecule has 0 amide bonds. The molecule has 0 radical (unpaired) electrons. The molecule has 1 N–H and O–H groups in total. The predicted octanol–water partition coefficient (Wildman–Crippen LogP) is 2.73. The Hall–Kier alpha value is -1.99. The molecule has 1 unspecified atom stereocenters. The van der Waals surface area contributed by atoms with E-state index in [1.165, 1.54) is 6.07 Å². The lowest BCUT2D eigenvalue weighted by molar-refractivity contribution is -0.137. The van der Waals surface area contributed by atoms with Crippen molar-refractivity contribution in [3.8, 4) is 0 Å². The van der Waals surface area contributed by atoms with Gasteiger partial charge < -0.3 is 14.9 Å². The van der Waals surface area contributed by atoms with Gasteiger partial charge in [0, 0.05) is 44.1 Å². The van der Waals surface area contributed by atoms with Gasteiger partial charge in [-0.2, -0.15) is 13.8 Å². The van der Waals surface area contributed by atoms with Gasteiger partial charge in [-0.1, -0.05) is 0 Å². The molecule has 2 saturated carbocycles. The molecule has 2 aliphatic heterocycles. The lowest BCUT2D eigenvalue weighted by Gasteiger charge is -2.39. The summed E-state index contributed by atoms with van der Waals surface area (Å²) in [6.07, 6.45) is 2.32. The van der Waals surface area contributed by atoms with Gasteiger partial charge in [0.1, 0.15) is 11.5 Å². The molecule has 0 spiro atoms. The van der Waals surface area contributed by atoms with E-state index >= 15 is 0 Å². The Morgan fingerprint density at radius 1 is 1.26 bits per heavy atom. The van der Waals surface area contributed by atoms with Gasteiger partial charge in [0.15, 0.2) is 0 Å². The second kappa shape index (κ2) is 5.75. The molecule has 4 fully saturated rings. The van der Waals surface area contributed by atoms with Crippen LogP contribution in [-0.4, -0.2) is 46.7 Å². The van der Waals surface area contributed by atoms with Crippen LogP contribution in [0.4, 0.5) is 20.5 Å². The number of fused-ring (bicyclic) bond motifs is 1. The van der Waals surface area contributed by atoms with Gasteiger partial charge in [0.05, 0.1) is 0 Å². The number of piperidine rings is 1. The zero-order valence-corrected chi connectivity index (χ0v) is 15.3. The summed E-state index contributed by atoms with van der Waals surface area (Å²) in [5, 5.41) is 8.98. The van der Waals surface area contributed by atoms with Crippen LogP contribution in [0.1, 0.15) is 38.3 Å². The quantitative estimate of drug-likeness (QED) is 0.821. The van der Waals surface area contributed by atoms with Gasteiger partial charge >= 0.3 is 5.97 Å². The number of anilines is 2. The topological polar surface area (TPSA) is 69.6 Å². The first-order valence-corrected chi connectivity index (χ1v) is 9.85. The normalized spacial score (nSPS) is 32.3. The maximum absolute atomic E-state index is 14.8. The molecule has 4 atom stereocenters. The molecule has 146 valence electrons. The number of carbonyl (C=O) groups is 1. The van der Waals surface area contributed by atoms with Crippen molar-refractivity contribution < 1.29 is 18.7 Å². The molecule has 1 aromatic heterocycles. The van der Waals surface area contributed by atoms with Crippen LogP contribution in [0.5, 0.6) is 0 Å². The fourth-order valence-corrected chi connectivity index (χ4v) is 4.69. The van der Waals surface area contributed by atoms with E-state index in [9.17, 15) is 13.6 Å². The molecule has 8 heteroatoms. The number of nitrogens with zero attached hydrogens (tertiary/aromatic N) is 4. The first-order chi connectivity index (χ1) is 12.8. The van der Waals surface area contributed by atoms with Crippen molar-refractivity contribution in [2.24, 2.45) is 23.7 Å². The maximum Gasteiger partial charge on any atom is 0.303 e. The Morgan fingerprint density at radius 2 is 1.96 bits per heavy atom. The maximum atomic E-state index is 14.8. The molecule has 6 nitrogen and oxygen atoms in total. The number of aromatic nitrogens is 2. The zero-order valence-electron chi connectivity index (χ0n) is 15.3. The number of aliphatic carboxylic acids is 1. The Morgan fingerprint density at radius 3 is 2.48 bits per heavy atom. The van der Waals surface area contributed by atoms with Crippen LogP contribution < -0.4 is 9.80 Å². The van der Waals surface area contributed by atoms with Crippen molar-refractivity contribution in [2.75, 3.05) is 29.4 Å². The molecule has 1 aromatic rings. The lowest BCUT2D eigenvalue weighted by atomic mass is 10.1. The first-order valence-electron chi connectivity index (χ1n) is 9.85. The number of alkyl halides is 2. The van der Waals surface area contributed by atoms with E-state index in [0.29, 0.717) is 49.5 Å². The summed E-state index contributed by atoms with van der Waals surface area (Å²) in [5.41, 5.74) is -0.160. The highest BCUT2D eigenvalue weighted by Crippen LogP contribution is 2.55. The second-order valence-corrected chi connectivity index (χ2v) is 8.63. The number of hydrogen-bond donors (Lipinski definition) is 1. The number of rotatable bonds is 6. The van der Waals surface area contributed by atoms with Crippen molar-refractivity contribution in [1.29, 1.82) is 0 Å². The van der Waals surface area contributed by atoms with Crippen LogP contribution in [0.3, 0.4) is 0 Å². The van der Waals surface area contributed by atoms with E-state index in [0.717, 1.165) is 13.0 Å². The Kier molecular flexibility index (Phi) is 3.65. The summed E-state index contributed by atoms with van der Waals surface area (Å²) in [4.78, 5) is 23.8. The molecule has 27 heavy (non-hydrogen) atoms. The molecule has 2 saturated heterocycles. The van der Waals surface area contributed by atoms with Gasteiger partial charge in [-0.3, -0.25) is 4.79 Å². The van der Waals surface area contributed by atoms with E-state index in [4.69, 9.17) is 5.11 Å². The average Bonchev–Trinajstić information content (AvgIpc) is 3.51. The summed E-state index contributed by atoms with van der Waals surface area (Å²) < 4.78 is 29.5. The van der Waals surface area contributed by atoms with Gasteiger partial charge in [0.25, 0.3) is 5.92 Å². The Bertz CT molecular complexity index is 773. The van der Waals surface area contributed by atoms with E-state index in [1.807, 2.05) is 9.80 Å². The number of carboxylic acids is 1. The van der Waals surface area contributed by atoms with E-state index in [-0.39, 0.29) is 24.1 Å². The molecular formula is C19H24F2N4O2. The first kappa shape index (κ1) is 17.1. The van der Waals surface area contributed by atoms with Crippen molar-refractivity contribution >= 4 is 17.7 Å². The molecule has 0 aromatic carbocycles. The van der Waals surface area contributed by atoms with Crippen molar-refractivity contribution in [3.63, 3.8) is 0 Å². The molecule has 3 heterocycles. The molecule has 4 aliphatic rings. The number of carboxylic acid groups (broad SMARTS) is 1. The highest BCUT2D eigenvalue weighted by Gasteiger charge is 2.56. The van der Waals surface area contributed by atoms with Gasteiger partial charge in [0.2, 0.25) is 5.95 Å². The summed E-state index contributed by atoms with van der Waals surface area (Å²) >= 11 is 0. The van der Waals surface area contributed by atoms with E-state index in [2.05, 4.69) is 16.9 Å². The Labute approximate surface area is 156 Å². The minimum Gasteiger partial charge on any atom is -0.481 e. The van der Waals surface area contributed by atoms with E-state index in [1.54, 1.807) is 0 Å². The van der Waals surface area contributed by atoms with Crippen molar-refractivity contribution in [2.45, 2.75) is 44.6 Å². The predicted molar refractivity (Wildman–Crippen MR) is 95.0 cm³/mol. The summed E-state index contributed by atoms with van der Waals surface area (Å²) in [5.74, 6) is -2.39. The highest BCUT2D eigenvalue weighted by molar-refractivity contribution is 5.68. The third kappa shape index (κ3) is 2.84. The fourth-order valence-electron chi connectivity index (χ4n) is 4.69. The summed E-state index contributed by atoms with van der Waals surface area (Å²) in [7, 11) is 0. The van der Waals surface area contributed by atoms with Crippen molar-refractivity contribution in [3.05, 3.63) is 11.8 Å². The van der Waals surface area contributed by atoms with Crippen LogP contribution in [-0.2, 0) is 10.7 Å². The van der Waals surface area contributed by atoms with Crippen LogP contribution in [0.25, 0.3) is 0 Å². The standard InChI is InChI=1S/C19H24F2N4O2/c1-10-4-5-25(10)18-22-15(19(20,21)11-2-3-11)7-16(23-18)24-8-13-12(6-17(26)27)14(13)9-24/h7,10-14H,2-6,8-9H2,1H3,(H,26,27)/t10-,12?,13-,14+/m0/s1. The van der Waals surface area contributed by atoms with Crippen molar-refractivity contribution in [1.82, 2.24) is 9.97 Å². The average molecular weight is 378 g/mol. The van der Waals surface area contributed by atoms with Gasteiger partial charge in [-0.05, 0) is 43.9 Å². The third-order valence-corrected chi connectivity index (χ3v) is 6.81. The summed E-state index contributed by atoms with van der Waals surface area (Å²) in [6, 6.07) is 1.73. The smallest absolute Gasteiger partial charge is 0.303 e. The third-order valence-electron chi connectivity index (χ3n) is 6.81. The molecule has 5 rings (SSSR count). The fraction of sp³-hybridized carbons (Fsp3) is 0.737. The molecular weight excluding hydrogens is 354 g/mol. The minimum atomic E-state index is -2.91. The van der Waals surface area contributed by atoms with Crippen LogP contribution >= 0.6 is 0 Å². The number of halogens is 2. The number of hydrogen-bond acceptors (Lipinski definition) is 5. The highest BCUT2D eigenvalue weighted by atomic mass is 19.3. The SMILES string of the molecule is C[C@H]1CCN1c1nc(N2C[C@@H]3C(CC(=O)O)[C@@H]3C2)cc(C(F)(F)C2CC2)n1. The zero-order chi connectivity index (χ0) is 18.9. The molecule has 2 aliphatic carbocycles. The van der Waals surface area contributed by atoms with Gasteiger partial charge in [-0.25, -0.2) is 4.98 Å². The minimum absolute atomic E-state index is 0.160. The van der Waals surface area contributed by atoms with Crippen LogP contribution in [0, 0.1) is 23.7 Å². The van der Waals surface area contributed by atoms with Crippen LogP contribution in [0.15, 0.2) is 6.07 Å². The largest absolute Gasteiger partial charge is 0.481 e. The molecule has 0 bridgehead atoms. The second-order valence-electron chi connectivity index (χ2n) is 8.63. The monoisotopic (exact) mass is 378 g/mol. The van der Waals surface area contributed by atoms with E-state index < -0.39 is 17.8 Å². The summed E-state index contributed by atoms with van der Waals surface area (Å²) in [6.45, 7) is 4.25. The van der Waals surface area contributed by atoms with Crippen LogP contribution in [0.2, 0.25) is 0 Å². The lowest BCUT2D eigenvalue weighted by Crippen LogP contribution is -2.47.